The van der Waals surface area contributed by atoms with E-state index in [1.165, 1.54) is 0 Å². The van der Waals surface area contributed by atoms with E-state index in [0.29, 0.717) is 56.7 Å². The number of halogens is 2. The number of morpholine rings is 1. The number of aromatic nitrogens is 4. The highest BCUT2D eigenvalue weighted by Crippen LogP contribution is 2.35. The summed E-state index contributed by atoms with van der Waals surface area (Å²) < 4.78 is 35.5. The molecule has 9 heteroatoms. The first-order chi connectivity index (χ1) is 13.0. The van der Waals surface area contributed by atoms with Gasteiger partial charge in [0.2, 0.25) is 0 Å². The van der Waals surface area contributed by atoms with Gasteiger partial charge in [-0.05, 0) is 25.8 Å². The van der Waals surface area contributed by atoms with Gasteiger partial charge in [0.05, 0.1) is 24.9 Å². The minimum atomic E-state index is -2.73. The van der Waals surface area contributed by atoms with Crippen LogP contribution < -0.4 is 10.2 Å². The van der Waals surface area contributed by atoms with E-state index >= 15 is 0 Å². The Labute approximate surface area is 156 Å². The Morgan fingerprint density at radius 1 is 1.22 bits per heavy atom. The molecule has 1 atom stereocenters. The van der Waals surface area contributed by atoms with Crippen molar-refractivity contribution in [2.24, 2.45) is 0 Å². The van der Waals surface area contributed by atoms with Crippen LogP contribution in [-0.4, -0.2) is 58.0 Å². The van der Waals surface area contributed by atoms with Gasteiger partial charge in [-0.15, -0.1) is 0 Å². The molecule has 0 amide bonds. The van der Waals surface area contributed by atoms with Gasteiger partial charge in [0, 0.05) is 31.8 Å². The van der Waals surface area contributed by atoms with E-state index in [2.05, 4.69) is 25.3 Å². The van der Waals surface area contributed by atoms with Crippen molar-refractivity contribution in [2.45, 2.75) is 44.6 Å². The summed E-state index contributed by atoms with van der Waals surface area (Å²) in [7, 11) is 0. The third-order valence-corrected chi connectivity index (χ3v) is 5.05. The van der Waals surface area contributed by atoms with E-state index in [1.54, 1.807) is 16.9 Å². The van der Waals surface area contributed by atoms with Crippen LogP contribution in [0.1, 0.15) is 31.4 Å². The first kappa shape index (κ1) is 18.1. The van der Waals surface area contributed by atoms with Gasteiger partial charge in [0.25, 0.3) is 11.9 Å². The fourth-order valence-corrected chi connectivity index (χ4v) is 3.53. The van der Waals surface area contributed by atoms with Crippen LogP contribution in [0.25, 0.3) is 5.95 Å². The molecule has 0 radical (unpaired) electrons. The average molecular weight is 378 g/mol. The Hall–Kier alpha value is -2.29. The monoisotopic (exact) mass is 378 g/mol. The molecule has 4 rings (SSSR count). The Balaban J connectivity index is 1.66. The lowest BCUT2D eigenvalue weighted by atomic mass is 9.91. The Morgan fingerprint density at radius 2 is 2.04 bits per heavy atom. The predicted octanol–water partition coefficient (Wildman–Crippen LogP) is 2.80. The van der Waals surface area contributed by atoms with Gasteiger partial charge in [-0.25, -0.2) is 13.5 Å². The molecular formula is C18H24F2N6O. The summed E-state index contributed by atoms with van der Waals surface area (Å²) in [5.41, 5.74) is 0.837. The zero-order valence-electron chi connectivity index (χ0n) is 15.4. The molecule has 1 saturated carbocycles. The summed E-state index contributed by atoms with van der Waals surface area (Å²) in [6.07, 6.45) is 3.47. The molecule has 1 N–H and O–H groups in total. The van der Waals surface area contributed by atoms with Crippen LogP contribution in [0.15, 0.2) is 18.3 Å². The maximum atomic E-state index is 14.3. The smallest absolute Gasteiger partial charge is 0.267 e. The summed E-state index contributed by atoms with van der Waals surface area (Å²) in [6.45, 7) is 4.51. The van der Waals surface area contributed by atoms with Crippen molar-refractivity contribution in [3.8, 4) is 5.95 Å². The molecule has 7 nitrogen and oxygen atoms in total. The third kappa shape index (κ3) is 4.02. The number of nitrogens with zero attached hydrogens (tertiary/aromatic N) is 5. The molecule has 0 aromatic carbocycles. The molecule has 146 valence electrons. The standard InChI is InChI=1S/C18H24F2N6O/c1-13-5-7-26(24-13)17-22-15(21-14-4-2-3-6-18(14,19)20)12-16(23-17)25-8-10-27-11-9-25/h5,7,12,14H,2-4,6,8-11H2,1H3,(H,21,22,23). The van der Waals surface area contributed by atoms with Crippen LogP contribution in [0.3, 0.4) is 0 Å². The van der Waals surface area contributed by atoms with Crippen LogP contribution in [0.4, 0.5) is 20.4 Å². The van der Waals surface area contributed by atoms with E-state index in [4.69, 9.17) is 4.74 Å². The molecular weight excluding hydrogens is 354 g/mol. The van der Waals surface area contributed by atoms with Gasteiger partial charge in [0.15, 0.2) is 0 Å². The van der Waals surface area contributed by atoms with Crippen molar-refractivity contribution in [2.75, 3.05) is 36.5 Å². The van der Waals surface area contributed by atoms with Crippen molar-refractivity contribution in [3.63, 3.8) is 0 Å². The normalized spacial score (nSPS) is 22.6. The van der Waals surface area contributed by atoms with Gasteiger partial charge < -0.3 is 15.0 Å². The number of nitrogens with one attached hydrogen (secondary N) is 1. The molecule has 3 heterocycles. The van der Waals surface area contributed by atoms with Crippen molar-refractivity contribution in [1.82, 2.24) is 19.7 Å². The van der Waals surface area contributed by atoms with Crippen LogP contribution in [0.5, 0.6) is 0 Å². The molecule has 1 aliphatic carbocycles. The van der Waals surface area contributed by atoms with Gasteiger partial charge in [0.1, 0.15) is 11.6 Å². The minimum absolute atomic E-state index is 0.0860. The van der Waals surface area contributed by atoms with E-state index < -0.39 is 12.0 Å². The van der Waals surface area contributed by atoms with E-state index in [1.807, 2.05) is 13.0 Å². The highest BCUT2D eigenvalue weighted by Gasteiger charge is 2.41. The molecule has 2 aliphatic rings. The predicted molar refractivity (Wildman–Crippen MR) is 97.7 cm³/mol. The maximum Gasteiger partial charge on any atom is 0.267 e. The van der Waals surface area contributed by atoms with Gasteiger partial charge in [-0.3, -0.25) is 0 Å². The largest absolute Gasteiger partial charge is 0.378 e. The first-order valence-electron chi connectivity index (χ1n) is 9.40. The molecule has 2 aromatic heterocycles. The number of hydrogen-bond donors (Lipinski definition) is 1. The van der Waals surface area contributed by atoms with Crippen molar-refractivity contribution in [1.29, 1.82) is 0 Å². The highest BCUT2D eigenvalue weighted by atomic mass is 19.3. The van der Waals surface area contributed by atoms with E-state index in [-0.39, 0.29) is 6.42 Å². The molecule has 0 spiro atoms. The van der Waals surface area contributed by atoms with E-state index in [0.717, 1.165) is 12.1 Å². The average Bonchev–Trinajstić information content (AvgIpc) is 3.10. The molecule has 2 fully saturated rings. The SMILES string of the molecule is Cc1ccn(-c2nc(NC3CCCCC3(F)F)cc(N3CCOCC3)n2)n1. The maximum absolute atomic E-state index is 14.3. The van der Waals surface area contributed by atoms with Gasteiger partial charge >= 0.3 is 0 Å². The van der Waals surface area contributed by atoms with Gasteiger partial charge in [-0.1, -0.05) is 6.42 Å². The topological polar surface area (TPSA) is 68.1 Å². The molecule has 0 bridgehead atoms. The van der Waals surface area contributed by atoms with Crippen molar-refractivity contribution in [3.05, 3.63) is 24.0 Å². The molecule has 1 aliphatic heterocycles. The fraction of sp³-hybridized carbons (Fsp3) is 0.611. The number of aryl methyl sites for hydroxylation is 1. The van der Waals surface area contributed by atoms with E-state index in [9.17, 15) is 8.78 Å². The molecule has 1 unspecified atom stereocenters. The number of rotatable bonds is 4. The van der Waals surface area contributed by atoms with Crippen molar-refractivity contribution < 1.29 is 13.5 Å². The second kappa shape index (κ2) is 7.38. The quantitative estimate of drug-likeness (QED) is 0.882. The number of ether oxygens (including phenoxy) is 1. The lowest BCUT2D eigenvalue weighted by Gasteiger charge is -2.33. The first-order valence-corrected chi connectivity index (χ1v) is 9.40. The number of anilines is 2. The Morgan fingerprint density at radius 3 is 2.74 bits per heavy atom. The molecule has 1 saturated heterocycles. The Kier molecular flexibility index (Phi) is 4.94. The van der Waals surface area contributed by atoms with Crippen molar-refractivity contribution >= 4 is 11.6 Å². The summed E-state index contributed by atoms with van der Waals surface area (Å²) in [5.74, 6) is -1.27. The van der Waals surface area contributed by atoms with Crippen LogP contribution in [0, 0.1) is 6.92 Å². The lowest BCUT2D eigenvalue weighted by Crippen LogP contribution is -2.42. The molecule has 2 aromatic rings. The zero-order chi connectivity index (χ0) is 18.9. The summed E-state index contributed by atoms with van der Waals surface area (Å²) in [5, 5.41) is 7.32. The van der Waals surface area contributed by atoms with Crippen LogP contribution in [-0.2, 0) is 4.74 Å². The second-order valence-electron chi connectivity index (χ2n) is 7.12. The van der Waals surface area contributed by atoms with Crippen LogP contribution in [0.2, 0.25) is 0 Å². The van der Waals surface area contributed by atoms with Gasteiger partial charge in [-0.2, -0.15) is 15.1 Å². The number of alkyl halides is 2. The highest BCUT2D eigenvalue weighted by molar-refractivity contribution is 5.52. The lowest BCUT2D eigenvalue weighted by molar-refractivity contribution is -0.0449. The zero-order valence-corrected chi connectivity index (χ0v) is 15.4. The Bertz CT molecular complexity index is 790. The summed E-state index contributed by atoms with van der Waals surface area (Å²) >= 11 is 0. The van der Waals surface area contributed by atoms with Crippen LogP contribution >= 0.6 is 0 Å². The second-order valence-corrected chi connectivity index (χ2v) is 7.12. The summed E-state index contributed by atoms with van der Waals surface area (Å²) in [6, 6.07) is 2.69. The molecule has 27 heavy (non-hydrogen) atoms. The fourth-order valence-electron chi connectivity index (χ4n) is 3.53. The summed E-state index contributed by atoms with van der Waals surface area (Å²) in [4.78, 5) is 11.1. The third-order valence-electron chi connectivity index (χ3n) is 5.05. The minimum Gasteiger partial charge on any atom is -0.378 e. The number of hydrogen-bond acceptors (Lipinski definition) is 6.